The van der Waals surface area contributed by atoms with Crippen molar-refractivity contribution >= 4 is 27.9 Å². The second kappa shape index (κ2) is 6.28. The molecule has 0 bridgehead atoms. The Labute approximate surface area is 138 Å². The van der Waals surface area contributed by atoms with Gasteiger partial charge in [-0.15, -0.1) is 0 Å². The minimum absolute atomic E-state index is 0.0816. The molecule has 0 radical (unpaired) electrons. The van der Waals surface area contributed by atoms with E-state index in [0.29, 0.717) is 29.7 Å². The molecule has 1 saturated heterocycles. The number of likely N-dealkylation sites (tertiary alicyclic amines) is 1. The topological polar surface area (TPSA) is 76.5 Å². The summed E-state index contributed by atoms with van der Waals surface area (Å²) in [6.45, 7) is 6.53. The monoisotopic (exact) mass is 372 g/mol. The van der Waals surface area contributed by atoms with Gasteiger partial charge in [0.2, 0.25) is 0 Å². The molecule has 1 N–H and O–H groups in total. The molecule has 2 amide bonds. The first-order chi connectivity index (χ1) is 10.2. The SMILES string of the molecule is Cn1ncc(Br)c1C(=O)NC1CCN(C(=O)OC(C)(C)C)C1. The van der Waals surface area contributed by atoms with Crippen molar-refractivity contribution in [3.63, 3.8) is 0 Å². The molecule has 0 saturated carbocycles. The van der Waals surface area contributed by atoms with Gasteiger partial charge in [-0.2, -0.15) is 5.10 Å². The highest BCUT2D eigenvalue weighted by Gasteiger charge is 2.31. The average Bonchev–Trinajstić information content (AvgIpc) is 2.94. The van der Waals surface area contributed by atoms with Crippen molar-refractivity contribution in [2.24, 2.45) is 7.05 Å². The Morgan fingerprint density at radius 3 is 2.68 bits per heavy atom. The van der Waals surface area contributed by atoms with Crippen molar-refractivity contribution in [3.8, 4) is 0 Å². The second-order valence-corrected chi connectivity index (χ2v) is 7.20. The van der Waals surface area contributed by atoms with Gasteiger partial charge in [0.25, 0.3) is 5.91 Å². The fourth-order valence-electron chi connectivity index (χ4n) is 2.29. The quantitative estimate of drug-likeness (QED) is 0.860. The number of carbonyl (C=O) groups is 2. The van der Waals surface area contributed by atoms with Crippen LogP contribution >= 0.6 is 15.9 Å². The summed E-state index contributed by atoms with van der Waals surface area (Å²) in [6, 6.07) is -0.0816. The van der Waals surface area contributed by atoms with Gasteiger partial charge >= 0.3 is 6.09 Å². The van der Waals surface area contributed by atoms with E-state index in [1.165, 1.54) is 4.68 Å². The van der Waals surface area contributed by atoms with Gasteiger partial charge in [-0.05, 0) is 43.1 Å². The molecule has 1 fully saturated rings. The zero-order valence-electron chi connectivity index (χ0n) is 13.2. The molecular formula is C14H21BrN4O3. The summed E-state index contributed by atoms with van der Waals surface area (Å²) in [7, 11) is 1.71. The lowest BCUT2D eigenvalue weighted by Crippen LogP contribution is -2.40. The minimum atomic E-state index is -0.516. The standard InChI is InChI=1S/C14H21BrN4O3/c1-14(2,3)22-13(21)19-6-5-9(8-19)17-12(20)11-10(15)7-16-18(11)4/h7,9H,5-6,8H2,1-4H3,(H,17,20). The molecule has 0 spiro atoms. The number of hydrogen-bond acceptors (Lipinski definition) is 4. The lowest BCUT2D eigenvalue weighted by Gasteiger charge is -2.24. The number of aryl methyl sites for hydroxylation is 1. The first kappa shape index (κ1) is 16.8. The average molecular weight is 373 g/mol. The third kappa shape index (κ3) is 4.00. The van der Waals surface area contributed by atoms with Gasteiger partial charge in [-0.3, -0.25) is 9.48 Å². The van der Waals surface area contributed by atoms with Crippen molar-refractivity contribution in [2.45, 2.75) is 38.8 Å². The minimum Gasteiger partial charge on any atom is -0.444 e. The summed E-state index contributed by atoms with van der Waals surface area (Å²) in [4.78, 5) is 25.9. The Morgan fingerprint density at radius 1 is 1.45 bits per heavy atom. The maximum atomic E-state index is 12.3. The van der Waals surface area contributed by atoms with Crippen LogP contribution in [0.15, 0.2) is 10.7 Å². The van der Waals surface area contributed by atoms with Crippen LogP contribution in [0.2, 0.25) is 0 Å². The number of nitrogens with zero attached hydrogens (tertiary/aromatic N) is 3. The Bertz CT molecular complexity index is 560. The van der Waals surface area contributed by atoms with Gasteiger partial charge in [0.05, 0.1) is 10.7 Å². The molecule has 0 aliphatic carbocycles. The maximum Gasteiger partial charge on any atom is 0.410 e. The van der Waals surface area contributed by atoms with E-state index in [2.05, 4.69) is 26.3 Å². The number of nitrogens with one attached hydrogen (secondary N) is 1. The Kier molecular flexibility index (Phi) is 4.79. The van der Waals surface area contributed by atoms with E-state index in [4.69, 9.17) is 4.74 Å². The normalized spacial score (nSPS) is 18.4. The highest BCUT2D eigenvalue weighted by atomic mass is 79.9. The van der Waals surface area contributed by atoms with Crippen LogP contribution in [-0.2, 0) is 11.8 Å². The van der Waals surface area contributed by atoms with E-state index in [1.807, 2.05) is 20.8 Å². The van der Waals surface area contributed by atoms with Gasteiger partial charge in [0.15, 0.2) is 0 Å². The molecule has 2 rings (SSSR count). The van der Waals surface area contributed by atoms with Crippen molar-refractivity contribution in [1.82, 2.24) is 20.0 Å². The summed E-state index contributed by atoms with van der Waals surface area (Å²) in [5.74, 6) is -0.206. The molecule has 1 aromatic heterocycles. The molecule has 122 valence electrons. The maximum absolute atomic E-state index is 12.3. The first-order valence-electron chi connectivity index (χ1n) is 7.13. The zero-order chi connectivity index (χ0) is 16.5. The van der Waals surface area contributed by atoms with E-state index in [9.17, 15) is 9.59 Å². The van der Waals surface area contributed by atoms with Crippen molar-refractivity contribution in [2.75, 3.05) is 13.1 Å². The molecule has 0 aromatic carbocycles. The van der Waals surface area contributed by atoms with Gasteiger partial charge in [-0.1, -0.05) is 0 Å². The molecule has 1 unspecified atom stereocenters. The summed E-state index contributed by atoms with van der Waals surface area (Å²) in [6.07, 6.45) is 1.95. The van der Waals surface area contributed by atoms with E-state index in [-0.39, 0.29) is 18.0 Å². The van der Waals surface area contributed by atoms with E-state index >= 15 is 0 Å². The molecule has 2 heterocycles. The molecule has 1 aromatic rings. The van der Waals surface area contributed by atoms with Crippen LogP contribution in [0.4, 0.5) is 4.79 Å². The summed E-state index contributed by atoms with van der Waals surface area (Å²) >= 11 is 3.31. The number of halogens is 1. The Morgan fingerprint density at radius 2 is 2.14 bits per heavy atom. The van der Waals surface area contributed by atoms with Crippen molar-refractivity contribution < 1.29 is 14.3 Å². The fraction of sp³-hybridized carbons (Fsp3) is 0.643. The van der Waals surface area contributed by atoms with Crippen LogP contribution in [0.5, 0.6) is 0 Å². The van der Waals surface area contributed by atoms with Crippen molar-refractivity contribution in [3.05, 3.63) is 16.4 Å². The fourth-order valence-corrected chi connectivity index (χ4v) is 2.82. The van der Waals surface area contributed by atoms with E-state index < -0.39 is 5.60 Å². The van der Waals surface area contributed by atoms with Crippen LogP contribution in [0, 0.1) is 0 Å². The van der Waals surface area contributed by atoms with Crippen molar-refractivity contribution in [1.29, 1.82) is 0 Å². The number of aromatic nitrogens is 2. The van der Waals surface area contributed by atoms with E-state index in [0.717, 1.165) is 0 Å². The van der Waals surface area contributed by atoms with Gasteiger partial charge in [0.1, 0.15) is 11.3 Å². The number of hydrogen-bond donors (Lipinski definition) is 1. The molecular weight excluding hydrogens is 352 g/mol. The summed E-state index contributed by atoms with van der Waals surface area (Å²) in [5, 5.41) is 6.95. The van der Waals surface area contributed by atoms with Crippen LogP contribution in [0.3, 0.4) is 0 Å². The third-order valence-corrected chi connectivity index (χ3v) is 3.86. The Balaban J connectivity index is 1.91. The van der Waals surface area contributed by atoms with Crippen LogP contribution < -0.4 is 5.32 Å². The third-order valence-electron chi connectivity index (χ3n) is 3.28. The predicted octanol–water partition coefficient (Wildman–Crippen LogP) is 1.92. The van der Waals surface area contributed by atoms with Crippen LogP contribution in [0.25, 0.3) is 0 Å². The van der Waals surface area contributed by atoms with Gasteiger partial charge in [0, 0.05) is 26.2 Å². The number of amides is 2. The molecule has 22 heavy (non-hydrogen) atoms. The summed E-state index contributed by atoms with van der Waals surface area (Å²) in [5.41, 5.74) is -0.0476. The highest BCUT2D eigenvalue weighted by molar-refractivity contribution is 9.10. The number of carbonyl (C=O) groups excluding carboxylic acids is 2. The molecule has 1 atom stereocenters. The largest absolute Gasteiger partial charge is 0.444 e. The number of rotatable bonds is 2. The molecule has 1 aliphatic heterocycles. The highest BCUT2D eigenvalue weighted by Crippen LogP contribution is 2.18. The van der Waals surface area contributed by atoms with Gasteiger partial charge in [-0.25, -0.2) is 4.79 Å². The molecule has 8 heteroatoms. The zero-order valence-corrected chi connectivity index (χ0v) is 14.8. The smallest absolute Gasteiger partial charge is 0.410 e. The second-order valence-electron chi connectivity index (χ2n) is 6.35. The van der Waals surface area contributed by atoms with Gasteiger partial charge < -0.3 is 15.0 Å². The summed E-state index contributed by atoms with van der Waals surface area (Å²) < 4.78 is 7.50. The number of ether oxygens (including phenoxy) is 1. The van der Waals surface area contributed by atoms with E-state index in [1.54, 1.807) is 18.1 Å². The first-order valence-corrected chi connectivity index (χ1v) is 7.93. The molecule has 7 nitrogen and oxygen atoms in total. The van der Waals surface area contributed by atoms with Crippen LogP contribution in [0.1, 0.15) is 37.7 Å². The molecule has 1 aliphatic rings. The Hall–Kier alpha value is -1.57. The van der Waals surface area contributed by atoms with Crippen LogP contribution in [-0.4, -0.2) is 51.4 Å². The lowest BCUT2D eigenvalue weighted by molar-refractivity contribution is 0.0290. The predicted molar refractivity (Wildman–Crippen MR) is 84.6 cm³/mol. The lowest BCUT2D eigenvalue weighted by atomic mass is 10.2.